The van der Waals surface area contributed by atoms with Gasteiger partial charge in [0.25, 0.3) is 5.91 Å². The summed E-state index contributed by atoms with van der Waals surface area (Å²) >= 11 is 6.75. The van der Waals surface area contributed by atoms with Gasteiger partial charge in [0.2, 0.25) is 11.8 Å². The highest BCUT2D eigenvalue weighted by Gasteiger charge is 2.50. The number of halogens is 1. The first-order valence-electron chi connectivity index (χ1n) is 17.2. The Bertz CT molecular complexity index is 1840. The van der Waals surface area contributed by atoms with E-state index in [1.807, 2.05) is 49.4 Å². The standard InChI is InChI=1S/C37H46ClN7O4/c1-6-39-34(47)31(36(4)15-9-16-36)44-35(48)37(17-19-49-21-37)23-12-13-26-27(20-23)42-32(41-26)30(43-33(46)28-14-18-40-45(28)5)29(22(2)3)24-10-7-8-11-25(24)38/h7-8,10-14,18,20,22,29-31H,6,9,15-17,19,21H2,1-5H3,(H,39,47)(H,41,42)(H,43,46)(H,44,48)/t29-,30-,31-,37?/m0/s1. The molecule has 1 aliphatic carbocycles. The van der Waals surface area contributed by atoms with Crippen LogP contribution in [0.25, 0.3) is 11.0 Å². The zero-order valence-electron chi connectivity index (χ0n) is 28.8. The van der Waals surface area contributed by atoms with E-state index in [-0.39, 0.29) is 41.6 Å². The van der Waals surface area contributed by atoms with Gasteiger partial charge in [0.15, 0.2) is 0 Å². The van der Waals surface area contributed by atoms with Gasteiger partial charge in [-0.25, -0.2) is 4.98 Å². The van der Waals surface area contributed by atoms with Crippen molar-refractivity contribution in [1.82, 2.24) is 35.7 Å². The maximum atomic E-state index is 14.3. The van der Waals surface area contributed by atoms with Crippen LogP contribution in [0.2, 0.25) is 5.02 Å². The predicted octanol–water partition coefficient (Wildman–Crippen LogP) is 5.33. The number of likely N-dealkylation sites (N-methyl/N-ethyl adjacent to an activating group) is 1. The molecule has 2 aromatic carbocycles. The number of fused-ring (bicyclic) bond motifs is 1. The molecule has 2 fully saturated rings. The molecule has 260 valence electrons. The van der Waals surface area contributed by atoms with Crippen molar-refractivity contribution >= 4 is 40.4 Å². The second-order valence-corrected chi connectivity index (χ2v) is 14.5. The van der Waals surface area contributed by atoms with Gasteiger partial charge in [0.1, 0.15) is 17.6 Å². The largest absolute Gasteiger partial charge is 0.380 e. The first-order valence-corrected chi connectivity index (χ1v) is 17.5. The van der Waals surface area contributed by atoms with Crippen LogP contribution in [0.3, 0.4) is 0 Å². The van der Waals surface area contributed by atoms with Gasteiger partial charge in [-0.3, -0.25) is 19.1 Å². The lowest BCUT2D eigenvalue weighted by Crippen LogP contribution is -2.61. The van der Waals surface area contributed by atoms with Gasteiger partial charge in [0.05, 0.1) is 29.1 Å². The summed E-state index contributed by atoms with van der Waals surface area (Å²) in [5, 5.41) is 14.1. The number of ether oxygens (including phenoxy) is 1. The third-order valence-electron chi connectivity index (χ3n) is 10.6. The fourth-order valence-electron chi connectivity index (χ4n) is 7.51. The fourth-order valence-corrected chi connectivity index (χ4v) is 7.77. The van der Waals surface area contributed by atoms with Crippen molar-refractivity contribution in [3.05, 3.63) is 82.4 Å². The molecule has 12 heteroatoms. The predicted molar refractivity (Wildman–Crippen MR) is 188 cm³/mol. The number of nitrogens with one attached hydrogen (secondary N) is 4. The van der Waals surface area contributed by atoms with Crippen LogP contribution in [0.4, 0.5) is 0 Å². The summed E-state index contributed by atoms with van der Waals surface area (Å²) in [7, 11) is 1.73. The molecule has 1 aliphatic heterocycles. The van der Waals surface area contributed by atoms with Crippen LogP contribution in [-0.2, 0) is 26.8 Å². The lowest BCUT2D eigenvalue weighted by atomic mass is 9.65. The summed E-state index contributed by atoms with van der Waals surface area (Å²) in [4.78, 5) is 49.6. The minimum absolute atomic E-state index is 0.0681. The van der Waals surface area contributed by atoms with Crippen molar-refractivity contribution in [2.24, 2.45) is 18.4 Å². The van der Waals surface area contributed by atoms with Crippen molar-refractivity contribution < 1.29 is 19.1 Å². The van der Waals surface area contributed by atoms with Gasteiger partial charge in [-0.15, -0.1) is 0 Å². The number of aryl methyl sites for hydroxylation is 1. The lowest BCUT2D eigenvalue weighted by Gasteiger charge is -2.45. The van der Waals surface area contributed by atoms with Gasteiger partial charge < -0.3 is 25.7 Å². The third-order valence-corrected chi connectivity index (χ3v) is 10.9. The molecule has 6 rings (SSSR count). The number of aromatic amines is 1. The van der Waals surface area contributed by atoms with Crippen molar-refractivity contribution in [3.8, 4) is 0 Å². The minimum atomic E-state index is -0.977. The molecule has 4 aromatic rings. The molecule has 2 aliphatic rings. The Balaban J connectivity index is 1.38. The summed E-state index contributed by atoms with van der Waals surface area (Å²) in [5.74, 6) is -0.253. The second kappa shape index (κ2) is 14.0. The summed E-state index contributed by atoms with van der Waals surface area (Å²) in [5.41, 5.74) is 2.24. The number of amides is 3. The van der Waals surface area contributed by atoms with E-state index in [4.69, 9.17) is 21.3 Å². The van der Waals surface area contributed by atoms with Crippen molar-refractivity contribution in [3.63, 3.8) is 0 Å². The molecule has 0 bridgehead atoms. The smallest absolute Gasteiger partial charge is 0.270 e. The Morgan fingerprint density at radius 2 is 1.86 bits per heavy atom. The Morgan fingerprint density at radius 3 is 2.47 bits per heavy atom. The lowest BCUT2D eigenvalue weighted by molar-refractivity contribution is -0.136. The quantitative estimate of drug-likeness (QED) is 0.159. The molecule has 49 heavy (non-hydrogen) atoms. The van der Waals surface area contributed by atoms with E-state index in [0.29, 0.717) is 41.6 Å². The highest BCUT2D eigenvalue weighted by atomic mass is 35.5. The van der Waals surface area contributed by atoms with Crippen molar-refractivity contribution in [2.75, 3.05) is 19.8 Å². The number of H-pyrrole nitrogens is 1. The van der Waals surface area contributed by atoms with E-state index < -0.39 is 17.5 Å². The van der Waals surface area contributed by atoms with E-state index in [0.717, 1.165) is 35.9 Å². The molecular formula is C37H46ClN7O4. The number of hydrogen-bond donors (Lipinski definition) is 4. The number of carbonyl (C=O) groups excluding carboxylic acids is 3. The molecule has 4 atom stereocenters. The summed E-state index contributed by atoms with van der Waals surface area (Å²) in [6, 6.07) is 13.9. The molecule has 1 saturated heterocycles. The summed E-state index contributed by atoms with van der Waals surface area (Å²) < 4.78 is 7.39. The molecule has 3 amide bonds. The molecule has 0 radical (unpaired) electrons. The van der Waals surface area contributed by atoms with Gasteiger partial charge >= 0.3 is 0 Å². The maximum absolute atomic E-state index is 14.3. The molecule has 1 unspecified atom stereocenters. The molecule has 0 spiro atoms. The van der Waals surface area contributed by atoms with Gasteiger partial charge in [0, 0.05) is 37.3 Å². The van der Waals surface area contributed by atoms with Gasteiger partial charge in [-0.05, 0) is 72.9 Å². The number of benzene rings is 2. The van der Waals surface area contributed by atoms with Crippen LogP contribution >= 0.6 is 11.6 Å². The van der Waals surface area contributed by atoms with Crippen LogP contribution in [-0.4, -0.2) is 63.3 Å². The molecule has 4 N–H and O–H groups in total. The molecular weight excluding hydrogens is 642 g/mol. The van der Waals surface area contributed by atoms with Crippen LogP contribution in [0.5, 0.6) is 0 Å². The number of carbonyl (C=O) groups is 3. The maximum Gasteiger partial charge on any atom is 0.270 e. The van der Waals surface area contributed by atoms with Crippen LogP contribution in [0.15, 0.2) is 54.7 Å². The highest BCUT2D eigenvalue weighted by Crippen LogP contribution is 2.45. The Kier molecular flexibility index (Phi) is 9.86. The van der Waals surface area contributed by atoms with Crippen LogP contribution in [0.1, 0.15) is 92.8 Å². The zero-order chi connectivity index (χ0) is 34.9. The molecule has 2 aromatic heterocycles. The summed E-state index contributed by atoms with van der Waals surface area (Å²) in [6.07, 6.45) is 4.86. The molecule has 1 saturated carbocycles. The fraction of sp³-hybridized carbons (Fsp3) is 0.486. The Morgan fingerprint density at radius 1 is 1.08 bits per heavy atom. The zero-order valence-corrected chi connectivity index (χ0v) is 29.6. The first-order chi connectivity index (χ1) is 23.5. The average molecular weight is 688 g/mol. The second-order valence-electron chi connectivity index (χ2n) is 14.1. The first kappa shape index (κ1) is 34.6. The van der Waals surface area contributed by atoms with E-state index >= 15 is 0 Å². The van der Waals surface area contributed by atoms with Crippen molar-refractivity contribution in [2.45, 2.75) is 76.8 Å². The SMILES string of the molecule is CCNC(=O)[C@H](NC(=O)C1(c2ccc3nc([C@@H](NC(=O)c4ccnn4C)[C@H](c4ccccc4Cl)C(C)C)[nH]c3c2)CCOC1)C1(C)CCC1. The summed E-state index contributed by atoms with van der Waals surface area (Å²) in [6.45, 7) is 9.27. The highest BCUT2D eigenvalue weighted by molar-refractivity contribution is 6.31. The monoisotopic (exact) mass is 687 g/mol. The Labute approximate surface area is 291 Å². The average Bonchev–Trinajstić information content (AvgIpc) is 3.83. The normalized spacial score (nSPS) is 20.4. The number of imidazole rings is 1. The molecule has 11 nitrogen and oxygen atoms in total. The van der Waals surface area contributed by atoms with E-state index in [2.05, 4.69) is 46.8 Å². The minimum Gasteiger partial charge on any atom is -0.380 e. The van der Waals surface area contributed by atoms with Gasteiger partial charge in [-0.1, -0.05) is 63.1 Å². The number of rotatable bonds is 12. The van der Waals surface area contributed by atoms with E-state index in [9.17, 15) is 14.4 Å². The third kappa shape index (κ3) is 6.58. The Hall–Kier alpha value is -4.22. The van der Waals surface area contributed by atoms with E-state index in [1.165, 1.54) is 4.68 Å². The van der Waals surface area contributed by atoms with Crippen LogP contribution < -0.4 is 16.0 Å². The topological polar surface area (TPSA) is 143 Å². The number of hydrogen-bond acceptors (Lipinski definition) is 6. The van der Waals surface area contributed by atoms with Crippen LogP contribution in [0, 0.1) is 11.3 Å². The number of aromatic nitrogens is 4. The number of nitrogens with zero attached hydrogens (tertiary/aromatic N) is 3. The molecule has 3 heterocycles. The van der Waals surface area contributed by atoms with E-state index in [1.54, 1.807) is 19.3 Å². The van der Waals surface area contributed by atoms with Gasteiger partial charge in [-0.2, -0.15) is 5.10 Å². The van der Waals surface area contributed by atoms with Crippen molar-refractivity contribution in [1.29, 1.82) is 0 Å².